The molecule has 1 atom stereocenters. The molecular weight excluding hydrogens is 381 g/mol. The molecule has 3 aromatic rings. The van der Waals surface area contributed by atoms with Crippen molar-refractivity contribution in [3.63, 3.8) is 0 Å². The number of imidazole rings is 1. The number of hydrogen-bond acceptors (Lipinski definition) is 3. The van der Waals surface area contributed by atoms with Crippen molar-refractivity contribution in [2.75, 3.05) is 0 Å². The van der Waals surface area contributed by atoms with E-state index in [1.54, 1.807) is 30.7 Å². The van der Waals surface area contributed by atoms with Crippen LogP contribution in [0.5, 0.6) is 5.75 Å². The predicted octanol–water partition coefficient (Wildman–Crippen LogP) is 6.03. The van der Waals surface area contributed by atoms with Crippen LogP contribution in [0, 0.1) is 11.3 Å². The number of halogens is 2. The molecule has 0 N–H and O–H groups in total. The van der Waals surface area contributed by atoms with Crippen molar-refractivity contribution in [3.05, 3.63) is 81.9 Å². The second kappa shape index (κ2) is 8.94. The van der Waals surface area contributed by atoms with Gasteiger partial charge in [-0.15, -0.1) is 0 Å². The van der Waals surface area contributed by atoms with Crippen molar-refractivity contribution in [1.82, 2.24) is 9.55 Å². The van der Waals surface area contributed by atoms with E-state index >= 15 is 0 Å². The topological polar surface area (TPSA) is 50.8 Å². The summed E-state index contributed by atoms with van der Waals surface area (Å²) in [5, 5.41) is 10.4. The van der Waals surface area contributed by atoms with Crippen LogP contribution in [-0.2, 0) is 6.61 Å². The standard InChI is InChI=1S/C21H19Cl2N3O/c1-2-3-20(26-9-8-25-14-26)18-7-4-15(12-24)10-21(18)27-13-16-5-6-17(22)11-19(16)23/h4-11,14,20H,2-3,13H2,1H3. The van der Waals surface area contributed by atoms with Gasteiger partial charge in [0.15, 0.2) is 0 Å². The Hall–Kier alpha value is -2.48. The fourth-order valence-corrected chi connectivity index (χ4v) is 3.45. The number of ether oxygens (including phenoxy) is 1. The Labute approximate surface area is 168 Å². The molecular formula is C21H19Cl2N3O. The van der Waals surface area contributed by atoms with Crippen LogP contribution in [0.2, 0.25) is 10.0 Å². The fraction of sp³-hybridized carbons (Fsp3) is 0.238. The summed E-state index contributed by atoms with van der Waals surface area (Å²) in [6, 6.07) is 13.1. The molecule has 1 unspecified atom stereocenters. The third-order valence-electron chi connectivity index (χ3n) is 4.35. The summed E-state index contributed by atoms with van der Waals surface area (Å²) in [4.78, 5) is 4.17. The maximum atomic E-state index is 9.28. The lowest BCUT2D eigenvalue weighted by Crippen LogP contribution is -2.11. The van der Waals surface area contributed by atoms with E-state index in [4.69, 9.17) is 27.9 Å². The normalized spacial score (nSPS) is 11.8. The summed E-state index contributed by atoms with van der Waals surface area (Å²) in [5.41, 5.74) is 2.40. The Kier molecular flexibility index (Phi) is 6.39. The highest BCUT2D eigenvalue weighted by Gasteiger charge is 2.18. The smallest absolute Gasteiger partial charge is 0.126 e. The summed E-state index contributed by atoms with van der Waals surface area (Å²) in [7, 11) is 0. The van der Waals surface area contributed by atoms with Crippen molar-refractivity contribution in [2.45, 2.75) is 32.4 Å². The van der Waals surface area contributed by atoms with Crippen molar-refractivity contribution < 1.29 is 4.74 Å². The second-order valence-electron chi connectivity index (χ2n) is 6.20. The first-order chi connectivity index (χ1) is 13.1. The zero-order chi connectivity index (χ0) is 19.2. The lowest BCUT2D eigenvalue weighted by Gasteiger charge is -2.22. The molecule has 0 bridgehead atoms. The molecule has 6 heteroatoms. The summed E-state index contributed by atoms with van der Waals surface area (Å²) < 4.78 is 8.16. The van der Waals surface area contributed by atoms with Gasteiger partial charge in [-0.2, -0.15) is 5.26 Å². The summed E-state index contributed by atoms with van der Waals surface area (Å²) in [6.07, 6.45) is 7.45. The Balaban J connectivity index is 1.94. The van der Waals surface area contributed by atoms with Crippen LogP contribution in [-0.4, -0.2) is 9.55 Å². The van der Waals surface area contributed by atoms with Gasteiger partial charge in [-0.1, -0.05) is 48.7 Å². The van der Waals surface area contributed by atoms with Gasteiger partial charge < -0.3 is 9.30 Å². The Morgan fingerprint density at radius 1 is 1.22 bits per heavy atom. The van der Waals surface area contributed by atoms with E-state index in [9.17, 15) is 5.26 Å². The molecule has 3 rings (SSSR count). The van der Waals surface area contributed by atoms with Crippen LogP contribution in [0.25, 0.3) is 0 Å². The highest BCUT2D eigenvalue weighted by atomic mass is 35.5. The Bertz CT molecular complexity index is 949. The van der Waals surface area contributed by atoms with Crippen molar-refractivity contribution >= 4 is 23.2 Å². The van der Waals surface area contributed by atoms with E-state index in [0.29, 0.717) is 28.0 Å². The quantitative estimate of drug-likeness (QED) is 0.487. The van der Waals surface area contributed by atoms with Crippen LogP contribution in [0.4, 0.5) is 0 Å². The molecule has 0 aliphatic heterocycles. The largest absolute Gasteiger partial charge is 0.488 e. The average Bonchev–Trinajstić information content (AvgIpc) is 3.20. The van der Waals surface area contributed by atoms with Gasteiger partial charge in [0.05, 0.1) is 24.0 Å². The highest BCUT2D eigenvalue weighted by molar-refractivity contribution is 6.35. The van der Waals surface area contributed by atoms with Gasteiger partial charge >= 0.3 is 0 Å². The molecule has 1 aromatic heterocycles. The lowest BCUT2D eigenvalue weighted by atomic mass is 9.99. The molecule has 0 spiro atoms. The van der Waals surface area contributed by atoms with Gasteiger partial charge in [0.1, 0.15) is 12.4 Å². The molecule has 0 amide bonds. The van der Waals surface area contributed by atoms with Crippen molar-refractivity contribution in [1.29, 1.82) is 5.26 Å². The SMILES string of the molecule is CCCC(c1ccc(C#N)cc1OCc1ccc(Cl)cc1Cl)n1ccnc1. The monoisotopic (exact) mass is 399 g/mol. The van der Waals surface area contributed by atoms with Gasteiger partial charge in [-0.3, -0.25) is 0 Å². The summed E-state index contributed by atoms with van der Waals surface area (Å²) in [6.45, 7) is 2.43. The third kappa shape index (κ3) is 4.63. The molecule has 0 saturated heterocycles. The fourth-order valence-electron chi connectivity index (χ4n) is 2.99. The first kappa shape index (κ1) is 19.3. The second-order valence-corrected chi connectivity index (χ2v) is 7.05. The van der Waals surface area contributed by atoms with Crippen LogP contribution in [0.15, 0.2) is 55.1 Å². The Morgan fingerprint density at radius 3 is 2.74 bits per heavy atom. The maximum Gasteiger partial charge on any atom is 0.126 e. The molecule has 0 aliphatic carbocycles. The molecule has 0 radical (unpaired) electrons. The number of benzene rings is 2. The third-order valence-corrected chi connectivity index (χ3v) is 4.93. The number of nitriles is 1. The zero-order valence-corrected chi connectivity index (χ0v) is 16.4. The van der Waals surface area contributed by atoms with Crippen molar-refractivity contribution in [2.24, 2.45) is 0 Å². The van der Waals surface area contributed by atoms with Gasteiger partial charge in [0.25, 0.3) is 0 Å². The maximum absolute atomic E-state index is 9.28. The molecule has 27 heavy (non-hydrogen) atoms. The molecule has 138 valence electrons. The molecule has 0 aliphatic rings. The van der Waals surface area contributed by atoms with Crippen LogP contribution >= 0.6 is 23.2 Å². The lowest BCUT2D eigenvalue weighted by molar-refractivity contribution is 0.298. The van der Waals surface area contributed by atoms with Gasteiger partial charge in [-0.05, 0) is 30.7 Å². The van der Waals surface area contributed by atoms with Crippen molar-refractivity contribution in [3.8, 4) is 11.8 Å². The van der Waals surface area contributed by atoms with Gasteiger partial charge in [-0.25, -0.2) is 4.98 Å². The van der Waals surface area contributed by atoms with E-state index in [2.05, 4.69) is 22.5 Å². The van der Waals surface area contributed by atoms with Crippen LogP contribution in [0.1, 0.15) is 42.5 Å². The molecule has 0 saturated carbocycles. The van der Waals surface area contributed by atoms with E-state index in [1.165, 1.54) is 0 Å². The molecule has 0 fully saturated rings. The van der Waals surface area contributed by atoms with E-state index < -0.39 is 0 Å². The number of aromatic nitrogens is 2. The van der Waals surface area contributed by atoms with E-state index in [1.807, 2.05) is 24.4 Å². The Morgan fingerprint density at radius 2 is 2.07 bits per heavy atom. The predicted molar refractivity (Wildman–Crippen MR) is 107 cm³/mol. The van der Waals surface area contributed by atoms with Gasteiger partial charge in [0, 0.05) is 33.6 Å². The number of rotatable bonds is 7. The summed E-state index contributed by atoms with van der Waals surface area (Å²) in [5.74, 6) is 0.673. The first-order valence-corrected chi connectivity index (χ1v) is 9.46. The van der Waals surface area contributed by atoms with Gasteiger partial charge in [0.2, 0.25) is 0 Å². The molecule has 1 heterocycles. The van der Waals surface area contributed by atoms with E-state index in [0.717, 1.165) is 24.0 Å². The number of hydrogen-bond donors (Lipinski definition) is 0. The van der Waals surface area contributed by atoms with Crippen LogP contribution < -0.4 is 4.74 Å². The minimum Gasteiger partial charge on any atom is -0.488 e. The van der Waals surface area contributed by atoms with E-state index in [-0.39, 0.29) is 6.04 Å². The number of nitrogens with zero attached hydrogens (tertiary/aromatic N) is 3. The minimum atomic E-state index is 0.0842. The molecule has 4 nitrogen and oxygen atoms in total. The van der Waals surface area contributed by atoms with Crippen LogP contribution in [0.3, 0.4) is 0 Å². The minimum absolute atomic E-state index is 0.0842. The first-order valence-electron chi connectivity index (χ1n) is 8.70. The highest BCUT2D eigenvalue weighted by Crippen LogP contribution is 2.33. The average molecular weight is 400 g/mol. The molecule has 2 aromatic carbocycles. The summed E-state index contributed by atoms with van der Waals surface area (Å²) >= 11 is 12.2. The zero-order valence-electron chi connectivity index (χ0n) is 14.9.